The van der Waals surface area contributed by atoms with Crippen molar-refractivity contribution in [2.24, 2.45) is 17.8 Å². The number of carbonyl (C=O) groups is 1. The van der Waals surface area contributed by atoms with Gasteiger partial charge in [0.1, 0.15) is 0 Å². The van der Waals surface area contributed by atoms with E-state index >= 15 is 0 Å². The minimum atomic E-state index is -2.48. The van der Waals surface area contributed by atoms with Crippen LogP contribution in [0, 0.1) is 17.8 Å². The third-order valence-corrected chi connectivity index (χ3v) is 2.98. The van der Waals surface area contributed by atoms with E-state index in [9.17, 15) is 13.6 Å². The number of fused-ring (bicyclic) bond motifs is 1. The number of alkyl halides is 2. The normalized spacial score (nSPS) is 37.6. The van der Waals surface area contributed by atoms with E-state index in [-0.39, 0.29) is 11.9 Å². The molecule has 2 saturated carbocycles. The molecule has 0 N–H and O–H groups in total. The van der Waals surface area contributed by atoms with E-state index in [0.29, 0.717) is 12.8 Å². The van der Waals surface area contributed by atoms with Crippen molar-refractivity contribution in [1.29, 1.82) is 0 Å². The molecular weight excluding hydrogens is 166 g/mol. The second-order valence-electron chi connectivity index (χ2n) is 3.58. The van der Waals surface area contributed by atoms with Gasteiger partial charge in [0, 0.05) is 11.8 Å². The summed E-state index contributed by atoms with van der Waals surface area (Å²) < 4.78 is 29.7. The van der Waals surface area contributed by atoms with Crippen molar-refractivity contribution in [2.75, 3.05) is 7.11 Å². The van der Waals surface area contributed by atoms with Gasteiger partial charge >= 0.3 is 5.97 Å². The number of methoxy groups -OCH3 is 1. The van der Waals surface area contributed by atoms with Gasteiger partial charge in [-0.3, -0.25) is 4.79 Å². The Kier molecular flexibility index (Phi) is 1.44. The first-order chi connectivity index (χ1) is 5.57. The summed E-state index contributed by atoms with van der Waals surface area (Å²) in [5.41, 5.74) is 0. The largest absolute Gasteiger partial charge is 0.469 e. The smallest absolute Gasteiger partial charge is 0.308 e. The van der Waals surface area contributed by atoms with Crippen molar-refractivity contribution in [2.45, 2.75) is 18.8 Å². The van der Waals surface area contributed by atoms with Crippen LogP contribution in [-0.2, 0) is 9.53 Å². The zero-order valence-electron chi connectivity index (χ0n) is 6.72. The summed E-state index contributed by atoms with van der Waals surface area (Å²) in [6, 6.07) is 0. The van der Waals surface area contributed by atoms with Crippen molar-refractivity contribution < 1.29 is 18.3 Å². The van der Waals surface area contributed by atoms with Crippen LogP contribution in [0.3, 0.4) is 0 Å². The Labute approximate surface area is 68.9 Å². The van der Waals surface area contributed by atoms with Gasteiger partial charge in [-0.15, -0.1) is 0 Å². The van der Waals surface area contributed by atoms with Crippen LogP contribution in [0.4, 0.5) is 8.78 Å². The quantitative estimate of drug-likeness (QED) is 0.565. The second-order valence-corrected chi connectivity index (χ2v) is 3.58. The Bertz CT molecular complexity index is 213. The molecule has 0 spiro atoms. The van der Waals surface area contributed by atoms with Crippen molar-refractivity contribution in [3.8, 4) is 0 Å². The minimum absolute atomic E-state index is 0.273. The van der Waals surface area contributed by atoms with Gasteiger partial charge in [-0.25, -0.2) is 8.78 Å². The van der Waals surface area contributed by atoms with Crippen LogP contribution in [0.25, 0.3) is 0 Å². The van der Waals surface area contributed by atoms with Crippen LogP contribution in [0.5, 0.6) is 0 Å². The monoisotopic (exact) mass is 176 g/mol. The molecule has 4 heteroatoms. The topological polar surface area (TPSA) is 26.3 Å². The third-order valence-electron chi connectivity index (χ3n) is 2.98. The van der Waals surface area contributed by atoms with Crippen LogP contribution in [0.1, 0.15) is 12.8 Å². The third kappa shape index (κ3) is 0.867. The molecule has 0 aromatic rings. The highest BCUT2D eigenvalue weighted by Crippen LogP contribution is 2.65. The molecule has 0 heterocycles. The lowest BCUT2D eigenvalue weighted by atomic mass is 10.0. The highest BCUT2D eigenvalue weighted by Gasteiger charge is 2.72. The van der Waals surface area contributed by atoms with Crippen molar-refractivity contribution in [3.63, 3.8) is 0 Å². The number of carbonyl (C=O) groups excluding carboxylic acids is 1. The first-order valence-electron chi connectivity index (χ1n) is 4.03. The lowest BCUT2D eigenvalue weighted by molar-refractivity contribution is -0.146. The Morgan fingerprint density at radius 1 is 1.42 bits per heavy atom. The summed E-state index contributed by atoms with van der Waals surface area (Å²) in [6.45, 7) is 0. The Balaban J connectivity index is 1.94. The predicted octanol–water partition coefficient (Wildman–Crippen LogP) is 1.45. The molecule has 0 unspecified atom stereocenters. The lowest BCUT2D eigenvalue weighted by Gasteiger charge is -2.10. The van der Waals surface area contributed by atoms with Gasteiger partial charge in [-0.1, -0.05) is 0 Å². The molecule has 68 valence electrons. The average molecular weight is 176 g/mol. The van der Waals surface area contributed by atoms with E-state index in [1.807, 2.05) is 0 Å². The SMILES string of the molecule is COC(=O)C1C[C@@H]2[C@@H](C1)C2(F)F. The Morgan fingerprint density at radius 2 is 1.92 bits per heavy atom. The Hall–Kier alpha value is -0.670. The van der Waals surface area contributed by atoms with E-state index in [4.69, 9.17) is 0 Å². The van der Waals surface area contributed by atoms with E-state index in [1.54, 1.807) is 0 Å². The molecule has 0 saturated heterocycles. The number of hydrogen-bond donors (Lipinski definition) is 0. The standard InChI is InChI=1S/C8H10F2O2/c1-12-7(11)4-2-5-6(3-4)8(5,9)10/h4-6H,2-3H2,1H3/t5-,6-/m1/s1. The maximum atomic E-state index is 12.6. The maximum Gasteiger partial charge on any atom is 0.308 e. The van der Waals surface area contributed by atoms with E-state index in [1.165, 1.54) is 7.11 Å². The van der Waals surface area contributed by atoms with Gasteiger partial charge in [0.15, 0.2) is 0 Å². The summed E-state index contributed by atoms with van der Waals surface area (Å²) in [5.74, 6) is -4.17. The molecule has 0 bridgehead atoms. The van der Waals surface area contributed by atoms with Crippen molar-refractivity contribution in [1.82, 2.24) is 0 Å². The summed E-state index contributed by atoms with van der Waals surface area (Å²) in [7, 11) is 1.30. The molecular formula is C8H10F2O2. The number of rotatable bonds is 1. The molecule has 2 rings (SSSR count). The highest BCUT2D eigenvalue weighted by molar-refractivity contribution is 5.73. The first-order valence-corrected chi connectivity index (χ1v) is 4.03. The van der Waals surface area contributed by atoms with Gasteiger partial charge in [-0.2, -0.15) is 0 Å². The molecule has 2 atom stereocenters. The molecule has 0 amide bonds. The molecule has 0 aliphatic heterocycles. The van der Waals surface area contributed by atoms with Gasteiger partial charge in [0.05, 0.1) is 13.0 Å². The molecule has 0 aromatic heterocycles. The van der Waals surface area contributed by atoms with E-state index < -0.39 is 17.8 Å². The zero-order chi connectivity index (χ0) is 8.93. The number of hydrogen-bond acceptors (Lipinski definition) is 2. The fraction of sp³-hybridized carbons (Fsp3) is 0.875. The van der Waals surface area contributed by atoms with Gasteiger partial charge < -0.3 is 4.74 Å². The fourth-order valence-corrected chi connectivity index (χ4v) is 2.17. The van der Waals surface area contributed by atoms with Crippen molar-refractivity contribution in [3.05, 3.63) is 0 Å². The van der Waals surface area contributed by atoms with Gasteiger partial charge in [0.25, 0.3) is 5.92 Å². The molecule has 2 nitrogen and oxygen atoms in total. The predicted molar refractivity (Wildman–Crippen MR) is 36.7 cm³/mol. The van der Waals surface area contributed by atoms with Crippen molar-refractivity contribution >= 4 is 5.97 Å². The summed E-state index contributed by atoms with van der Waals surface area (Å²) in [6.07, 6.45) is 0.620. The van der Waals surface area contributed by atoms with Crippen LogP contribution in [0.15, 0.2) is 0 Å². The Morgan fingerprint density at radius 3 is 2.33 bits per heavy atom. The van der Waals surface area contributed by atoms with Crippen LogP contribution in [0.2, 0.25) is 0 Å². The highest BCUT2D eigenvalue weighted by atomic mass is 19.3. The molecule has 12 heavy (non-hydrogen) atoms. The zero-order valence-corrected chi connectivity index (χ0v) is 6.72. The van der Waals surface area contributed by atoms with Crippen LogP contribution >= 0.6 is 0 Å². The average Bonchev–Trinajstić information content (AvgIpc) is 2.52. The van der Waals surface area contributed by atoms with E-state index in [2.05, 4.69) is 4.74 Å². The number of esters is 1. The van der Waals surface area contributed by atoms with E-state index in [0.717, 1.165) is 0 Å². The van der Waals surface area contributed by atoms with Gasteiger partial charge in [0.2, 0.25) is 0 Å². The van der Waals surface area contributed by atoms with Gasteiger partial charge in [-0.05, 0) is 12.8 Å². The fourth-order valence-electron chi connectivity index (χ4n) is 2.17. The second kappa shape index (κ2) is 2.18. The summed E-state index contributed by atoms with van der Waals surface area (Å²) in [5, 5.41) is 0. The molecule has 2 aliphatic carbocycles. The molecule has 0 radical (unpaired) electrons. The summed E-state index contributed by atoms with van der Waals surface area (Å²) >= 11 is 0. The molecule has 2 aliphatic rings. The first kappa shape index (κ1) is 7.95. The molecule has 0 aromatic carbocycles. The van der Waals surface area contributed by atoms with Crippen LogP contribution in [-0.4, -0.2) is 19.0 Å². The minimum Gasteiger partial charge on any atom is -0.469 e. The number of ether oxygens (including phenoxy) is 1. The summed E-state index contributed by atoms with van der Waals surface area (Å²) in [4.78, 5) is 10.9. The molecule has 2 fully saturated rings. The van der Waals surface area contributed by atoms with Crippen LogP contribution < -0.4 is 0 Å². The number of halogens is 2. The lowest BCUT2D eigenvalue weighted by Crippen LogP contribution is -2.18. The maximum absolute atomic E-state index is 12.6.